The van der Waals surface area contributed by atoms with Crippen LogP contribution in [0.5, 0.6) is 0 Å². The molecule has 4 N–H and O–H groups in total. The minimum atomic E-state index is -1.50. The minimum Gasteiger partial charge on any atom is -0.480 e. The molecule has 35 heavy (non-hydrogen) atoms. The number of pyridine rings is 1. The summed E-state index contributed by atoms with van der Waals surface area (Å²) in [7, 11) is 0. The molecule has 2 amide bonds. The summed E-state index contributed by atoms with van der Waals surface area (Å²) >= 11 is 0. The van der Waals surface area contributed by atoms with E-state index in [-0.39, 0.29) is 18.9 Å². The Morgan fingerprint density at radius 1 is 0.914 bits per heavy atom. The molecule has 9 nitrogen and oxygen atoms in total. The molecule has 0 fully saturated rings. The molecule has 180 valence electrons. The van der Waals surface area contributed by atoms with Crippen molar-refractivity contribution in [2.45, 2.75) is 24.4 Å². The highest BCUT2D eigenvalue weighted by molar-refractivity contribution is 5.89. The average Bonchev–Trinajstić information content (AvgIpc) is 3.19. The molecule has 2 atom stereocenters. The van der Waals surface area contributed by atoms with Crippen LogP contribution in [0.2, 0.25) is 0 Å². The summed E-state index contributed by atoms with van der Waals surface area (Å²) in [5.74, 6) is -2.30. The molecule has 2 aromatic carbocycles. The van der Waals surface area contributed by atoms with Crippen molar-refractivity contribution < 1.29 is 29.3 Å². The first-order valence-corrected chi connectivity index (χ1v) is 11.1. The first-order chi connectivity index (χ1) is 17.0. The van der Waals surface area contributed by atoms with Gasteiger partial charge in [-0.05, 0) is 33.9 Å². The zero-order valence-electron chi connectivity index (χ0n) is 18.8. The maximum atomic E-state index is 12.8. The number of hydrogen-bond donors (Lipinski definition) is 4. The number of alkyl carbamates (subject to hydrolysis) is 1. The van der Waals surface area contributed by atoms with E-state index in [0.717, 1.165) is 22.3 Å². The number of nitrogens with zero attached hydrogens (tertiary/aromatic N) is 1. The van der Waals surface area contributed by atoms with Crippen LogP contribution in [0, 0.1) is 0 Å². The first-order valence-electron chi connectivity index (χ1n) is 11.1. The highest BCUT2D eigenvalue weighted by atomic mass is 16.5. The van der Waals surface area contributed by atoms with Gasteiger partial charge in [0.25, 0.3) is 0 Å². The van der Waals surface area contributed by atoms with Crippen molar-refractivity contribution >= 4 is 18.0 Å². The fourth-order valence-corrected chi connectivity index (χ4v) is 4.20. The third kappa shape index (κ3) is 5.47. The molecule has 1 aromatic heterocycles. The second-order valence-electron chi connectivity index (χ2n) is 8.17. The lowest BCUT2D eigenvalue weighted by Gasteiger charge is -2.21. The lowest BCUT2D eigenvalue weighted by Crippen LogP contribution is -2.53. The predicted molar refractivity (Wildman–Crippen MR) is 127 cm³/mol. The highest BCUT2D eigenvalue weighted by Gasteiger charge is 2.30. The number of carbonyl (C=O) groups excluding carboxylic acids is 2. The van der Waals surface area contributed by atoms with Gasteiger partial charge in [-0.2, -0.15) is 0 Å². The van der Waals surface area contributed by atoms with Crippen LogP contribution in [0.1, 0.15) is 22.6 Å². The van der Waals surface area contributed by atoms with E-state index >= 15 is 0 Å². The number of carboxylic acid groups (broad SMARTS) is 1. The number of benzene rings is 2. The third-order valence-corrected chi connectivity index (χ3v) is 5.91. The Morgan fingerprint density at radius 3 is 2.14 bits per heavy atom. The van der Waals surface area contributed by atoms with Gasteiger partial charge in [-0.1, -0.05) is 54.6 Å². The lowest BCUT2D eigenvalue weighted by atomic mass is 9.98. The number of amides is 2. The third-order valence-electron chi connectivity index (χ3n) is 5.91. The van der Waals surface area contributed by atoms with E-state index in [1.807, 2.05) is 48.5 Å². The number of carbonyl (C=O) groups is 3. The number of aromatic nitrogens is 1. The largest absolute Gasteiger partial charge is 0.480 e. The van der Waals surface area contributed by atoms with Crippen molar-refractivity contribution in [2.75, 3.05) is 13.2 Å². The van der Waals surface area contributed by atoms with E-state index in [9.17, 15) is 19.5 Å². The van der Waals surface area contributed by atoms with Gasteiger partial charge in [-0.3, -0.25) is 9.78 Å². The van der Waals surface area contributed by atoms with Gasteiger partial charge in [-0.25, -0.2) is 9.59 Å². The molecule has 0 saturated carbocycles. The number of nitrogens with one attached hydrogen (secondary N) is 2. The molecular formula is C26H25N3O6. The van der Waals surface area contributed by atoms with E-state index < -0.39 is 36.7 Å². The van der Waals surface area contributed by atoms with Crippen LogP contribution in [0.25, 0.3) is 11.1 Å². The van der Waals surface area contributed by atoms with Gasteiger partial charge < -0.3 is 25.6 Å². The van der Waals surface area contributed by atoms with Crippen molar-refractivity contribution in [1.82, 2.24) is 15.6 Å². The summed E-state index contributed by atoms with van der Waals surface area (Å²) in [6, 6.07) is 16.6. The van der Waals surface area contributed by atoms with E-state index in [1.54, 1.807) is 24.5 Å². The van der Waals surface area contributed by atoms with Crippen LogP contribution in [-0.2, 0) is 20.7 Å². The molecule has 1 aliphatic carbocycles. The van der Waals surface area contributed by atoms with Gasteiger partial charge >= 0.3 is 12.1 Å². The van der Waals surface area contributed by atoms with Crippen LogP contribution in [0.15, 0.2) is 73.1 Å². The molecule has 9 heteroatoms. The molecule has 0 radical (unpaired) electrons. The molecule has 1 heterocycles. The summed E-state index contributed by atoms with van der Waals surface area (Å²) in [5, 5.41) is 23.2. The molecule has 3 aromatic rings. The SMILES string of the molecule is O=C(N[C@H](Cc1cccnc1)C(=O)N[C@@H](CO)C(=O)O)OCC1c2ccccc2-c2ccccc21. The average molecular weight is 476 g/mol. The van der Waals surface area contributed by atoms with Gasteiger partial charge in [0.15, 0.2) is 0 Å². The monoisotopic (exact) mass is 475 g/mol. The standard InChI is InChI=1S/C26H25N3O6/c30-14-23(25(32)33)28-24(31)22(12-16-6-5-11-27-13-16)29-26(34)35-15-21-19-9-3-1-7-17(19)18-8-2-4-10-20(18)21/h1-11,13,21-23,30H,12,14-15H2,(H,28,31)(H,29,34)(H,32,33)/t22-,23+/m1/s1. The fourth-order valence-electron chi connectivity index (χ4n) is 4.20. The molecular weight excluding hydrogens is 450 g/mol. The molecule has 4 rings (SSSR count). The number of aliphatic hydroxyl groups is 1. The van der Waals surface area contributed by atoms with Crippen molar-refractivity contribution in [3.8, 4) is 11.1 Å². The second-order valence-corrected chi connectivity index (χ2v) is 8.17. The smallest absolute Gasteiger partial charge is 0.407 e. The number of fused-ring (bicyclic) bond motifs is 3. The number of aliphatic carboxylic acids is 1. The molecule has 0 bridgehead atoms. The Labute approximate surface area is 201 Å². The van der Waals surface area contributed by atoms with Gasteiger partial charge in [0.1, 0.15) is 18.7 Å². The van der Waals surface area contributed by atoms with E-state index in [1.165, 1.54) is 0 Å². The van der Waals surface area contributed by atoms with E-state index in [4.69, 9.17) is 9.84 Å². The maximum Gasteiger partial charge on any atom is 0.407 e. The summed E-state index contributed by atoms with van der Waals surface area (Å²) < 4.78 is 5.53. The number of carboxylic acids is 1. The van der Waals surface area contributed by atoms with Crippen LogP contribution < -0.4 is 10.6 Å². The molecule has 0 unspecified atom stereocenters. The molecule has 0 saturated heterocycles. The number of hydrogen-bond acceptors (Lipinski definition) is 6. The number of aliphatic hydroxyl groups excluding tert-OH is 1. The van der Waals surface area contributed by atoms with Gasteiger partial charge in [0.2, 0.25) is 5.91 Å². The van der Waals surface area contributed by atoms with Crippen LogP contribution >= 0.6 is 0 Å². The number of rotatable bonds is 9. The number of ether oxygens (including phenoxy) is 1. The Balaban J connectivity index is 1.46. The zero-order valence-corrected chi connectivity index (χ0v) is 18.8. The van der Waals surface area contributed by atoms with Gasteiger partial charge in [0, 0.05) is 24.7 Å². The van der Waals surface area contributed by atoms with Crippen molar-refractivity contribution in [2.24, 2.45) is 0 Å². The van der Waals surface area contributed by atoms with E-state index in [2.05, 4.69) is 15.6 Å². The van der Waals surface area contributed by atoms with Gasteiger partial charge in [0.05, 0.1) is 6.61 Å². The quantitative estimate of drug-likeness (QED) is 0.372. The van der Waals surface area contributed by atoms with Crippen molar-refractivity contribution in [3.05, 3.63) is 89.7 Å². The summed E-state index contributed by atoms with van der Waals surface area (Å²) in [6.45, 7) is -0.721. The Kier molecular flexibility index (Phi) is 7.37. The van der Waals surface area contributed by atoms with Crippen molar-refractivity contribution in [1.29, 1.82) is 0 Å². The van der Waals surface area contributed by atoms with Crippen LogP contribution in [0.4, 0.5) is 4.79 Å². The van der Waals surface area contributed by atoms with Crippen LogP contribution in [0.3, 0.4) is 0 Å². The Bertz CT molecular complexity index is 1170. The molecule has 0 aliphatic heterocycles. The van der Waals surface area contributed by atoms with E-state index in [0.29, 0.717) is 5.56 Å². The topological polar surface area (TPSA) is 138 Å². The summed E-state index contributed by atoms with van der Waals surface area (Å²) in [4.78, 5) is 40.7. The summed E-state index contributed by atoms with van der Waals surface area (Å²) in [6.07, 6.45) is 2.36. The minimum absolute atomic E-state index is 0.0572. The Hall–Kier alpha value is -4.24. The lowest BCUT2D eigenvalue weighted by molar-refractivity contribution is -0.143. The highest BCUT2D eigenvalue weighted by Crippen LogP contribution is 2.44. The van der Waals surface area contributed by atoms with Crippen molar-refractivity contribution in [3.63, 3.8) is 0 Å². The molecule has 1 aliphatic rings. The fraction of sp³-hybridized carbons (Fsp3) is 0.231. The maximum absolute atomic E-state index is 12.8. The second kappa shape index (κ2) is 10.8. The van der Waals surface area contributed by atoms with Crippen LogP contribution in [-0.4, -0.2) is 58.5 Å². The molecule has 0 spiro atoms. The normalized spacial score (nSPS) is 13.7. The van der Waals surface area contributed by atoms with Gasteiger partial charge in [-0.15, -0.1) is 0 Å². The predicted octanol–water partition coefficient (Wildman–Crippen LogP) is 2.09. The first kappa shape index (κ1) is 23.9. The zero-order chi connectivity index (χ0) is 24.8. The summed E-state index contributed by atoms with van der Waals surface area (Å²) in [5.41, 5.74) is 4.95. The Morgan fingerprint density at radius 2 is 1.57 bits per heavy atom.